The Labute approximate surface area is 181 Å². The predicted octanol–water partition coefficient (Wildman–Crippen LogP) is 3.58. The van der Waals surface area contributed by atoms with Gasteiger partial charge in [0.05, 0.1) is 24.9 Å². The molecule has 4 rings (SSSR count). The molecule has 0 spiro atoms. The summed E-state index contributed by atoms with van der Waals surface area (Å²) < 4.78 is 5.31. The Balaban J connectivity index is 1.56. The zero-order valence-corrected chi connectivity index (χ0v) is 17.6. The Morgan fingerprint density at radius 2 is 1.84 bits per heavy atom. The van der Waals surface area contributed by atoms with E-state index in [1.54, 1.807) is 53.4 Å². The number of rotatable bonds is 5. The monoisotopic (exact) mass is 419 g/mol. The van der Waals surface area contributed by atoms with Gasteiger partial charge in [0, 0.05) is 19.3 Å². The minimum absolute atomic E-state index is 0.233. The van der Waals surface area contributed by atoms with Gasteiger partial charge in [0.15, 0.2) is 5.76 Å². The summed E-state index contributed by atoms with van der Waals surface area (Å²) in [6.45, 7) is 3.49. The van der Waals surface area contributed by atoms with Crippen molar-refractivity contribution in [1.29, 1.82) is 0 Å². The Kier molecular flexibility index (Phi) is 6.04. The molecule has 7 nitrogen and oxygen atoms in total. The van der Waals surface area contributed by atoms with E-state index in [4.69, 9.17) is 9.25 Å². The van der Waals surface area contributed by atoms with E-state index in [0.29, 0.717) is 25.2 Å². The molecular weight excluding hydrogens is 394 g/mol. The normalized spacial score (nSPS) is 16.7. The molecule has 0 radical (unpaired) electrons. The third-order valence-corrected chi connectivity index (χ3v) is 5.37. The lowest BCUT2D eigenvalue weighted by Crippen LogP contribution is -2.61. The second kappa shape index (κ2) is 9.06. The zero-order valence-electron chi connectivity index (χ0n) is 17.6. The lowest BCUT2D eigenvalue weighted by molar-refractivity contribution is -0.126. The molecule has 1 aliphatic rings. The summed E-state index contributed by atoms with van der Waals surface area (Å²) in [6.07, 6.45) is 1.13. The first kappa shape index (κ1) is 20.7. The highest BCUT2D eigenvalue weighted by Gasteiger charge is 2.35. The number of likely N-dealkylation sites (N-methyl/N-ethyl adjacent to an activating group) is 1. The number of benzene rings is 2. The van der Waals surface area contributed by atoms with E-state index >= 15 is 0 Å². The third-order valence-electron chi connectivity index (χ3n) is 5.37. The molecule has 1 saturated heterocycles. The van der Waals surface area contributed by atoms with Gasteiger partial charge in [-0.25, -0.2) is 4.79 Å². The van der Waals surface area contributed by atoms with E-state index in [1.165, 1.54) is 6.26 Å². The van der Waals surface area contributed by atoms with Crippen LogP contribution in [-0.2, 0) is 4.84 Å². The second-order valence-corrected chi connectivity index (χ2v) is 7.54. The lowest BCUT2D eigenvalue weighted by atomic mass is 10.1. The molecule has 0 saturated carbocycles. The standard InChI is InChI=1S/C24H25N3O4/c1-18-8-6-11-20(16-18)27-14-13-26(31-24(29)19-9-4-3-5-10-19)17-22(27)25(2)23(28)21-12-7-15-30-21/h3-12,15-16,22H,13-14,17H2,1-2H3. The Morgan fingerprint density at radius 3 is 2.55 bits per heavy atom. The summed E-state index contributed by atoms with van der Waals surface area (Å²) in [4.78, 5) is 34.9. The Bertz CT molecular complexity index is 1040. The molecule has 7 heteroatoms. The van der Waals surface area contributed by atoms with E-state index in [9.17, 15) is 9.59 Å². The number of carbonyl (C=O) groups excluding carboxylic acids is 2. The van der Waals surface area contributed by atoms with Crippen LogP contribution in [0, 0.1) is 6.92 Å². The number of aryl methyl sites for hydroxylation is 1. The van der Waals surface area contributed by atoms with Gasteiger partial charge in [-0.05, 0) is 48.9 Å². The van der Waals surface area contributed by atoms with Crippen LogP contribution in [0.25, 0.3) is 0 Å². The fraction of sp³-hybridized carbons (Fsp3) is 0.250. The van der Waals surface area contributed by atoms with Crippen LogP contribution in [0.15, 0.2) is 77.4 Å². The van der Waals surface area contributed by atoms with Gasteiger partial charge >= 0.3 is 5.97 Å². The van der Waals surface area contributed by atoms with Crippen LogP contribution in [0.1, 0.15) is 26.5 Å². The number of furan rings is 1. The molecule has 1 unspecified atom stereocenters. The highest BCUT2D eigenvalue weighted by molar-refractivity contribution is 5.91. The highest BCUT2D eigenvalue weighted by Crippen LogP contribution is 2.25. The minimum Gasteiger partial charge on any atom is -0.459 e. The van der Waals surface area contributed by atoms with Gasteiger partial charge in [-0.3, -0.25) is 4.79 Å². The van der Waals surface area contributed by atoms with Crippen molar-refractivity contribution in [3.8, 4) is 0 Å². The molecular formula is C24H25N3O4. The first-order valence-corrected chi connectivity index (χ1v) is 10.2. The van der Waals surface area contributed by atoms with Crippen LogP contribution in [0.5, 0.6) is 0 Å². The van der Waals surface area contributed by atoms with Crippen LogP contribution >= 0.6 is 0 Å². The van der Waals surface area contributed by atoms with E-state index < -0.39 is 5.97 Å². The van der Waals surface area contributed by atoms with E-state index in [2.05, 4.69) is 11.0 Å². The van der Waals surface area contributed by atoms with Gasteiger partial charge in [-0.2, -0.15) is 0 Å². The van der Waals surface area contributed by atoms with Gasteiger partial charge < -0.3 is 19.1 Å². The molecule has 31 heavy (non-hydrogen) atoms. The number of piperazine rings is 1. The summed E-state index contributed by atoms with van der Waals surface area (Å²) in [5.41, 5.74) is 2.63. The van der Waals surface area contributed by atoms with Crippen LogP contribution in [0.4, 0.5) is 5.69 Å². The molecule has 0 N–H and O–H groups in total. The van der Waals surface area contributed by atoms with Crippen LogP contribution < -0.4 is 4.90 Å². The second-order valence-electron chi connectivity index (χ2n) is 7.54. The maximum atomic E-state index is 13.0. The molecule has 0 aliphatic carbocycles. The van der Waals surface area contributed by atoms with Crippen molar-refractivity contribution in [2.45, 2.75) is 13.1 Å². The molecule has 2 heterocycles. The number of hydrogen-bond acceptors (Lipinski definition) is 6. The van der Waals surface area contributed by atoms with Crippen molar-refractivity contribution in [3.05, 3.63) is 89.9 Å². The van der Waals surface area contributed by atoms with Gasteiger partial charge in [0.25, 0.3) is 5.91 Å². The summed E-state index contributed by atoms with van der Waals surface area (Å²) in [5.74, 6) is -0.377. The van der Waals surface area contributed by atoms with Crippen LogP contribution in [0.3, 0.4) is 0 Å². The van der Waals surface area contributed by atoms with Crippen molar-refractivity contribution >= 4 is 17.6 Å². The van der Waals surface area contributed by atoms with Crippen molar-refractivity contribution in [3.63, 3.8) is 0 Å². The number of carbonyl (C=O) groups is 2. The van der Waals surface area contributed by atoms with Crippen LogP contribution in [0.2, 0.25) is 0 Å². The molecule has 160 valence electrons. The summed E-state index contributed by atoms with van der Waals surface area (Å²) in [7, 11) is 1.74. The maximum absolute atomic E-state index is 13.0. The fourth-order valence-electron chi connectivity index (χ4n) is 3.72. The lowest BCUT2D eigenvalue weighted by Gasteiger charge is -2.45. The molecule has 1 amide bonds. The maximum Gasteiger partial charge on any atom is 0.357 e. The minimum atomic E-state index is -0.414. The average Bonchev–Trinajstić information content (AvgIpc) is 3.33. The average molecular weight is 419 g/mol. The van der Waals surface area contributed by atoms with Crippen molar-refractivity contribution in [1.82, 2.24) is 9.96 Å². The summed E-state index contributed by atoms with van der Waals surface area (Å²) in [6, 6.07) is 20.4. The van der Waals surface area contributed by atoms with Crippen molar-refractivity contribution in [2.24, 2.45) is 0 Å². The molecule has 1 aliphatic heterocycles. The summed E-state index contributed by atoms with van der Waals surface area (Å²) in [5, 5.41) is 1.62. The van der Waals surface area contributed by atoms with Crippen LogP contribution in [-0.4, -0.2) is 54.7 Å². The van der Waals surface area contributed by atoms with Gasteiger partial charge in [-0.1, -0.05) is 30.3 Å². The summed E-state index contributed by atoms with van der Waals surface area (Å²) >= 11 is 0. The van der Waals surface area contributed by atoms with E-state index in [1.807, 2.05) is 31.2 Å². The SMILES string of the molecule is Cc1cccc(N2CCN(OC(=O)c3ccccc3)CC2N(C)C(=O)c2ccco2)c1. The number of nitrogens with zero attached hydrogens (tertiary/aromatic N) is 3. The smallest absolute Gasteiger partial charge is 0.357 e. The van der Waals surface area contributed by atoms with Crippen molar-refractivity contribution < 1.29 is 18.8 Å². The third kappa shape index (κ3) is 4.62. The highest BCUT2D eigenvalue weighted by atomic mass is 16.7. The fourth-order valence-corrected chi connectivity index (χ4v) is 3.72. The Morgan fingerprint density at radius 1 is 1.03 bits per heavy atom. The number of hydrogen-bond donors (Lipinski definition) is 0. The number of amides is 1. The molecule has 1 fully saturated rings. The molecule has 3 aromatic rings. The Hall–Kier alpha value is -3.58. The molecule has 1 aromatic heterocycles. The topological polar surface area (TPSA) is 66.2 Å². The van der Waals surface area contributed by atoms with Gasteiger partial charge in [0.1, 0.15) is 6.17 Å². The predicted molar refractivity (Wildman–Crippen MR) is 117 cm³/mol. The van der Waals surface area contributed by atoms with Gasteiger partial charge in [-0.15, -0.1) is 5.06 Å². The molecule has 2 aromatic carbocycles. The largest absolute Gasteiger partial charge is 0.459 e. The van der Waals surface area contributed by atoms with E-state index in [0.717, 1.165) is 11.3 Å². The zero-order chi connectivity index (χ0) is 21.8. The first-order valence-electron chi connectivity index (χ1n) is 10.2. The first-order chi connectivity index (χ1) is 15.0. The molecule has 0 bridgehead atoms. The quantitative estimate of drug-likeness (QED) is 0.630. The molecule has 1 atom stereocenters. The van der Waals surface area contributed by atoms with Gasteiger partial charge in [0.2, 0.25) is 0 Å². The van der Waals surface area contributed by atoms with E-state index in [-0.39, 0.29) is 17.8 Å². The number of hydroxylamine groups is 2. The van der Waals surface area contributed by atoms with Crippen molar-refractivity contribution in [2.75, 3.05) is 31.6 Å². The number of anilines is 1.